The maximum absolute atomic E-state index is 12.9. The fourth-order valence-electron chi connectivity index (χ4n) is 3.90. The van der Waals surface area contributed by atoms with Crippen molar-refractivity contribution in [1.82, 2.24) is 25.0 Å². The fraction of sp³-hybridized carbons (Fsp3) is 0.296. The Hall–Kier alpha value is -3.63. The Morgan fingerprint density at radius 3 is 2.68 bits per heavy atom. The SMILES string of the molecule is Cc1nc(-c2ccc(-c3ccc(C(=O)Nc4cc(OCCN(C)C)c(Br)cn4)cn3)c(C3CC3)c2)no1. The number of amides is 1. The van der Waals surface area contributed by atoms with Gasteiger partial charge in [-0.3, -0.25) is 9.78 Å². The molecule has 0 bridgehead atoms. The van der Waals surface area contributed by atoms with E-state index in [1.54, 1.807) is 31.5 Å². The third-order valence-electron chi connectivity index (χ3n) is 6.01. The predicted molar refractivity (Wildman–Crippen MR) is 144 cm³/mol. The molecule has 1 aromatic carbocycles. The highest BCUT2D eigenvalue weighted by Crippen LogP contribution is 2.45. The molecule has 190 valence electrons. The van der Waals surface area contributed by atoms with Gasteiger partial charge in [-0.1, -0.05) is 17.3 Å². The molecule has 0 aliphatic heterocycles. The van der Waals surface area contributed by atoms with Crippen molar-refractivity contribution in [3.63, 3.8) is 0 Å². The average molecular weight is 563 g/mol. The molecule has 0 saturated heterocycles. The number of halogens is 1. The van der Waals surface area contributed by atoms with Gasteiger partial charge in [0.1, 0.15) is 18.2 Å². The number of carbonyl (C=O) groups is 1. The lowest BCUT2D eigenvalue weighted by molar-refractivity contribution is 0.102. The minimum atomic E-state index is -0.293. The predicted octanol–water partition coefficient (Wildman–Crippen LogP) is 5.33. The van der Waals surface area contributed by atoms with E-state index in [-0.39, 0.29) is 5.91 Å². The van der Waals surface area contributed by atoms with Crippen molar-refractivity contribution >= 4 is 27.7 Å². The zero-order chi connectivity index (χ0) is 25.9. The summed E-state index contributed by atoms with van der Waals surface area (Å²) in [6.45, 7) is 3.07. The van der Waals surface area contributed by atoms with Gasteiger partial charge in [0.2, 0.25) is 11.7 Å². The summed E-state index contributed by atoms with van der Waals surface area (Å²) in [5.74, 6) is 2.34. The van der Waals surface area contributed by atoms with Crippen molar-refractivity contribution in [2.45, 2.75) is 25.7 Å². The molecule has 5 rings (SSSR count). The van der Waals surface area contributed by atoms with Crippen molar-refractivity contribution < 1.29 is 14.1 Å². The van der Waals surface area contributed by atoms with Gasteiger partial charge >= 0.3 is 0 Å². The van der Waals surface area contributed by atoms with Crippen LogP contribution in [0.2, 0.25) is 0 Å². The molecule has 3 aromatic heterocycles. The van der Waals surface area contributed by atoms with E-state index in [1.165, 1.54) is 5.56 Å². The van der Waals surface area contributed by atoms with E-state index < -0.39 is 0 Å². The molecule has 0 atom stereocenters. The molecular formula is C27H27BrN6O3. The third-order valence-corrected chi connectivity index (χ3v) is 6.61. The molecule has 1 saturated carbocycles. The van der Waals surface area contributed by atoms with E-state index in [2.05, 4.69) is 47.4 Å². The number of aromatic nitrogens is 4. The summed E-state index contributed by atoms with van der Waals surface area (Å²) < 4.78 is 11.7. The third kappa shape index (κ3) is 6.03. The number of rotatable bonds is 9. The Morgan fingerprint density at radius 1 is 1.16 bits per heavy atom. The summed E-state index contributed by atoms with van der Waals surface area (Å²) in [7, 11) is 3.96. The maximum atomic E-state index is 12.9. The van der Waals surface area contributed by atoms with Crippen LogP contribution < -0.4 is 10.1 Å². The fourth-order valence-corrected chi connectivity index (χ4v) is 4.23. The zero-order valence-electron chi connectivity index (χ0n) is 20.9. The molecule has 9 nitrogen and oxygen atoms in total. The van der Waals surface area contributed by atoms with Crippen LogP contribution in [0.5, 0.6) is 5.75 Å². The lowest BCUT2D eigenvalue weighted by Gasteiger charge is -2.13. The molecule has 3 heterocycles. The van der Waals surface area contributed by atoms with Crippen molar-refractivity contribution in [1.29, 1.82) is 0 Å². The summed E-state index contributed by atoms with van der Waals surface area (Å²) in [6, 6.07) is 11.5. The number of hydrogen-bond donors (Lipinski definition) is 1. The molecule has 10 heteroatoms. The Labute approximate surface area is 223 Å². The average Bonchev–Trinajstić information content (AvgIpc) is 3.65. The monoisotopic (exact) mass is 562 g/mol. The van der Waals surface area contributed by atoms with Crippen molar-refractivity contribution in [2.24, 2.45) is 0 Å². The van der Waals surface area contributed by atoms with Crippen molar-refractivity contribution in [3.05, 3.63) is 70.3 Å². The highest BCUT2D eigenvalue weighted by atomic mass is 79.9. The number of nitrogens with one attached hydrogen (secondary N) is 1. The number of pyridine rings is 2. The van der Waals surface area contributed by atoms with Crippen LogP contribution in [-0.2, 0) is 0 Å². The lowest BCUT2D eigenvalue weighted by Crippen LogP contribution is -2.19. The highest BCUT2D eigenvalue weighted by molar-refractivity contribution is 9.10. The molecule has 1 aliphatic rings. The Morgan fingerprint density at radius 2 is 2.00 bits per heavy atom. The smallest absolute Gasteiger partial charge is 0.258 e. The Bertz CT molecular complexity index is 1420. The molecular weight excluding hydrogens is 536 g/mol. The minimum Gasteiger partial charge on any atom is -0.491 e. The van der Waals surface area contributed by atoms with Gasteiger partial charge in [-0.05, 0) is 72.5 Å². The van der Waals surface area contributed by atoms with E-state index >= 15 is 0 Å². The summed E-state index contributed by atoms with van der Waals surface area (Å²) in [5.41, 5.74) is 4.44. The first kappa shape index (κ1) is 25.0. The lowest BCUT2D eigenvalue weighted by atomic mass is 9.97. The quantitative estimate of drug-likeness (QED) is 0.291. The number of nitrogens with zero attached hydrogens (tertiary/aromatic N) is 5. The number of ether oxygens (including phenoxy) is 1. The van der Waals surface area contributed by atoms with Gasteiger partial charge < -0.3 is 19.5 Å². The van der Waals surface area contributed by atoms with Crippen LogP contribution in [0.25, 0.3) is 22.6 Å². The van der Waals surface area contributed by atoms with Gasteiger partial charge in [0.25, 0.3) is 5.91 Å². The van der Waals surface area contributed by atoms with Crippen molar-refractivity contribution in [2.75, 3.05) is 32.6 Å². The number of carbonyl (C=O) groups excluding carboxylic acids is 1. The van der Waals surface area contributed by atoms with Crippen LogP contribution in [0.1, 0.15) is 40.6 Å². The second-order valence-corrected chi connectivity index (χ2v) is 10.1. The Kier molecular flexibility index (Phi) is 7.29. The first-order chi connectivity index (χ1) is 17.9. The number of benzene rings is 1. The van der Waals surface area contributed by atoms with Gasteiger partial charge in [-0.2, -0.15) is 4.98 Å². The van der Waals surface area contributed by atoms with Crippen LogP contribution in [0.15, 0.2) is 57.8 Å². The first-order valence-corrected chi connectivity index (χ1v) is 12.8. The van der Waals surface area contributed by atoms with Gasteiger partial charge in [-0.25, -0.2) is 4.98 Å². The molecule has 4 aromatic rings. The summed E-state index contributed by atoms with van der Waals surface area (Å²) in [4.78, 5) is 28.1. The van der Waals surface area contributed by atoms with E-state index in [1.807, 2.05) is 37.2 Å². The zero-order valence-corrected chi connectivity index (χ0v) is 22.4. The molecule has 0 radical (unpaired) electrons. The number of likely N-dealkylation sites (N-methyl/N-ethyl adjacent to an activating group) is 1. The summed E-state index contributed by atoms with van der Waals surface area (Å²) in [6.07, 6.45) is 5.48. The van der Waals surface area contributed by atoms with Crippen LogP contribution in [0.4, 0.5) is 5.82 Å². The molecule has 0 spiro atoms. The van der Waals surface area contributed by atoms with Gasteiger partial charge in [0.15, 0.2) is 0 Å². The number of aryl methyl sites for hydroxylation is 1. The minimum absolute atomic E-state index is 0.293. The first-order valence-electron chi connectivity index (χ1n) is 12.0. The van der Waals surface area contributed by atoms with Crippen LogP contribution in [0.3, 0.4) is 0 Å². The van der Waals surface area contributed by atoms with Crippen molar-refractivity contribution in [3.8, 4) is 28.4 Å². The topological polar surface area (TPSA) is 106 Å². The van der Waals surface area contributed by atoms with E-state index in [0.717, 1.165) is 40.7 Å². The molecule has 1 aliphatic carbocycles. The van der Waals surface area contributed by atoms with Crippen LogP contribution in [-0.4, -0.2) is 58.2 Å². The molecule has 0 unspecified atom stereocenters. The largest absolute Gasteiger partial charge is 0.491 e. The van der Waals surface area contributed by atoms with Gasteiger partial charge in [0, 0.05) is 43.1 Å². The van der Waals surface area contributed by atoms with E-state index in [9.17, 15) is 4.79 Å². The summed E-state index contributed by atoms with van der Waals surface area (Å²) in [5, 5.41) is 6.87. The van der Waals surface area contributed by atoms with E-state index in [4.69, 9.17) is 9.26 Å². The highest BCUT2D eigenvalue weighted by Gasteiger charge is 2.27. The number of anilines is 1. The standard InChI is InChI=1S/C27H27BrN6O3/c1-16-31-26(33-37-16)18-6-8-20(21(12-18)17-4-5-17)23-9-7-19(14-29-23)27(35)32-25-13-24(22(28)15-30-25)36-11-10-34(2)3/h6-9,12-15,17H,4-5,10-11H2,1-3H3,(H,30,32,35). The number of hydrogen-bond acceptors (Lipinski definition) is 8. The maximum Gasteiger partial charge on any atom is 0.258 e. The molecule has 37 heavy (non-hydrogen) atoms. The normalized spacial score (nSPS) is 13.1. The molecule has 1 fully saturated rings. The van der Waals surface area contributed by atoms with Gasteiger partial charge in [0.05, 0.1) is 15.7 Å². The summed E-state index contributed by atoms with van der Waals surface area (Å²) >= 11 is 3.44. The second-order valence-electron chi connectivity index (χ2n) is 9.25. The second kappa shape index (κ2) is 10.8. The molecule has 1 amide bonds. The van der Waals surface area contributed by atoms with Gasteiger partial charge in [-0.15, -0.1) is 0 Å². The van der Waals surface area contributed by atoms with E-state index in [0.29, 0.717) is 41.4 Å². The van der Waals surface area contributed by atoms with Crippen LogP contribution in [0, 0.1) is 6.92 Å². The Balaban J connectivity index is 1.31. The molecule has 1 N–H and O–H groups in total. The van der Waals surface area contributed by atoms with Crippen LogP contribution >= 0.6 is 15.9 Å².